The van der Waals surface area contributed by atoms with E-state index in [-0.39, 0.29) is 5.69 Å². The Morgan fingerprint density at radius 1 is 1.53 bits per heavy atom. The van der Waals surface area contributed by atoms with Gasteiger partial charge in [0.1, 0.15) is 10.0 Å². The maximum Gasteiger partial charge on any atom is 0.360 e. The van der Waals surface area contributed by atoms with Gasteiger partial charge in [0, 0.05) is 6.20 Å². The average molecular weight is 249 g/mol. The molecule has 2 aromatic heterocycles. The van der Waals surface area contributed by atoms with Crippen LogP contribution >= 0.6 is 11.3 Å². The topological polar surface area (TPSA) is 78.1 Å². The zero-order valence-corrected chi connectivity index (χ0v) is 10.0. The molecule has 0 unspecified atom stereocenters. The number of thiazole rings is 1. The Hall–Kier alpha value is -1.95. The molecule has 0 amide bonds. The molecular weight excluding hydrogens is 238 g/mol. The highest BCUT2D eigenvalue weighted by Gasteiger charge is 2.18. The van der Waals surface area contributed by atoms with Gasteiger partial charge in [-0.25, -0.2) is 9.78 Å². The van der Waals surface area contributed by atoms with Crippen LogP contribution < -0.4 is 5.73 Å². The summed E-state index contributed by atoms with van der Waals surface area (Å²) < 4.78 is 4.86. The second-order valence-electron chi connectivity index (χ2n) is 3.17. The summed E-state index contributed by atoms with van der Waals surface area (Å²) in [5.74, 6) is -0.497. The number of nitrogens with two attached hydrogens (primary N) is 1. The lowest BCUT2D eigenvalue weighted by Gasteiger charge is -1.97. The molecule has 2 heterocycles. The minimum Gasteiger partial charge on any atom is -0.461 e. The highest BCUT2D eigenvalue weighted by atomic mass is 32.1. The number of ether oxygens (including phenoxy) is 1. The van der Waals surface area contributed by atoms with Crippen molar-refractivity contribution >= 4 is 22.3 Å². The van der Waals surface area contributed by atoms with Crippen LogP contribution in [0.5, 0.6) is 0 Å². The molecule has 5 nitrogen and oxygen atoms in total. The summed E-state index contributed by atoms with van der Waals surface area (Å²) in [5, 5.41) is 0.968. The minimum atomic E-state index is -0.497. The van der Waals surface area contributed by atoms with Gasteiger partial charge in [-0.15, -0.1) is 0 Å². The Balaban J connectivity index is 2.34. The van der Waals surface area contributed by atoms with Crippen LogP contribution in [0.4, 0.5) is 5.00 Å². The molecule has 0 aliphatic carbocycles. The summed E-state index contributed by atoms with van der Waals surface area (Å²) >= 11 is 1.22. The fraction of sp³-hybridized carbons (Fsp3) is 0.182. The van der Waals surface area contributed by atoms with Gasteiger partial charge in [0.25, 0.3) is 0 Å². The number of aromatic nitrogens is 2. The van der Waals surface area contributed by atoms with Crippen molar-refractivity contribution in [2.24, 2.45) is 0 Å². The summed E-state index contributed by atoms with van der Waals surface area (Å²) in [6.45, 7) is 2.04. The van der Waals surface area contributed by atoms with Crippen LogP contribution in [0, 0.1) is 0 Å². The van der Waals surface area contributed by atoms with E-state index >= 15 is 0 Å². The molecule has 0 fully saturated rings. The molecule has 17 heavy (non-hydrogen) atoms. The Labute approximate surface area is 102 Å². The summed E-state index contributed by atoms with van der Waals surface area (Å²) in [7, 11) is 0. The van der Waals surface area contributed by atoms with E-state index < -0.39 is 5.97 Å². The van der Waals surface area contributed by atoms with Gasteiger partial charge in [0.2, 0.25) is 0 Å². The number of anilines is 1. The fourth-order valence-electron chi connectivity index (χ4n) is 1.28. The van der Waals surface area contributed by atoms with Gasteiger partial charge in [-0.05, 0) is 19.1 Å². The van der Waals surface area contributed by atoms with Gasteiger partial charge in [0.05, 0.1) is 12.3 Å². The maximum absolute atomic E-state index is 11.5. The van der Waals surface area contributed by atoms with Crippen LogP contribution in [0.2, 0.25) is 0 Å². The van der Waals surface area contributed by atoms with E-state index in [1.165, 1.54) is 11.3 Å². The first-order chi connectivity index (χ1) is 8.22. The second-order valence-corrected chi connectivity index (χ2v) is 4.20. The third kappa shape index (κ3) is 2.42. The molecule has 0 aliphatic rings. The van der Waals surface area contributed by atoms with Crippen molar-refractivity contribution in [1.82, 2.24) is 9.97 Å². The smallest absolute Gasteiger partial charge is 0.360 e. The Kier molecular flexibility index (Phi) is 3.34. The molecule has 88 valence electrons. The van der Waals surface area contributed by atoms with Crippen molar-refractivity contribution < 1.29 is 9.53 Å². The van der Waals surface area contributed by atoms with Gasteiger partial charge in [-0.2, -0.15) is 0 Å². The van der Waals surface area contributed by atoms with Gasteiger partial charge in [-0.3, -0.25) is 4.98 Å². The van der Waals surface area contributed by atoms with E-state index in [4.69, 9.17) is 10.5 Å². The zero-order valence-electron chi connectivity index (χ0n) is 9.21. The third-order valence-electron chi connectivity index (χ3n) is 2.01. The molecule has 0 aliphatic heterocycles. The van der Waals surface area contributed by atoms with Crippen LogP contribution in [0.15, 0.2) is 24.4 Å². The van der Waals surface area contributed by atoms with Crippen LogP contribution in [-0.2, 0) is 4.74 Å². The number of rotatable bonds is 3. The van der Waals surface area contributed by atoms with Crippen molar-refractivity contribution in [1.29, 1.82) is 0 Å². The normalized spacial score (nSPS) is 10.2. The predicted octanol–water partition coefficient (Wildman–Crippen LogP) is 1.96. The van der Waals surface area contributed by atoms with Gasteiger partial charge >= 0.3 is 5.97 Å². The lowest BCUT2D eigenvalue weighted by atomic mass is 10.3. The van der Waals surface area contributed by atoms with E-state index in [2.05, 4.69) is 9.97 Å². The van der Waals surface area contributed by atoms with E-state index in [0.717, 1.165) is 0 Å². The molecule has 0 bridgehead atoms. The first kappa shape index (κ1) is 11.5. The van der Waals surface area contributed by atoms with Crippen LogP contribution in [-0.4, -0.2) is 22.5 Å². The number of nitrogens with zero attached hydrogens (tertiary/aromatic N) is 2. The van der Waals surface area contributed by atoms with E-state index in [9.17, 15) is 4.79 Å². The van der Waals surface area contributed by atoms with Crippen LogP contribution in [0.3, 0.4) is 0 Å². The molecule has 2 aromatic rings. The lowest BCUT2D eigenvalue weighted by molar-refractivity contribution is 0.0522. The first-order valence-corrected chi connectivity index (χ1v) is 5.89. The number of carbonyl (C=O) groups excluding carboxylic acids is 1. The quantitative estimate of drug-likeness (QED) is 0.841. The minimum absolute atomic E-state index is 0.164. The monoisotopic (exact) mass is 249 g/mol. The average Bonchev–Trinajstić information content (AvgIpc) is 2.73. The number of nitrogen functional groups attached to an aromatic ring is 1. The number of hydrogen-bond acceptors (Lipinski definition) is 6. The van der Waals surface area contributed by atoms with Crippen molar-refractivity contribution in [2.75, 3.05) is 12.3 Å². The standard InChI is InChI=1S/C11H11N3O2S/c1-2-16-11(15)8-9(12)17-10(14-8)7-5-3-4-6-13-7/h3-6H,2,12H2,1H3. The van der Waals surface area contributed by atoms with Crippen molar-refractivity contribution in [3.8, 4) is 10.7 Å². The number of pyridine rings is 1. The Bertz CT molecular complexity index is 525. The predicted molar refractivity (Wildman–Crippen MR) is 65.7 cm³/mol. The van der Waals surface area contributed by atoms with E-state index in [0.29, 0.717) is 22.3 Å². The number of carbonyl (C=O) groups is 1. The molecule has 0 radical (unpaired) electrons. The van der Waals surface area contributed by atoms with Crippen molar-refractivity contribution in [3.05, 3.63) is 30.1 Å². The molecule has 6 heteroatoms. The summed E-state index contributed by atoms with van der Waals surface area (Å²) in [5.41, 5.74) is 6.60. The van der Waals surface area contributed by atoms with Gasteiger partial charge in [-0.1, -0.05) is 17.4 Å². The SMILES string of the molecule is CCOC(=O)c1nc(-c2ccccn2)sc1N. The largest absolute Gasteiger partial charge is 0.461 e. The number of hydrogen-bond donors (Lipinski definition) is 1. The van der Waals surface area contributed by atoms with Crippen LogP contribution in [0.1, 0.15) is 17.4 Å². The molecular formula is C11H11N3O2S. The van der Waals surface area contributed by atoms with Crippen molar-refractivity contribution in [2.45, 2.75) is 6.92 Å². The maximum atomic E-state index is 11.5. The highest BCUT2D eigenvalue weighted by molar-refractivity contribution is 7.19. The summed E-state index contributed by atoms with van der Waals surface area (Å²) in [6, 6.07) is 5.48. The second kappa shape index (κ2) is 4.92. The molecule has 2 rings (SSSR count). The summed E-state index contributed by atoms with van der Waals surface area (Å²) in [4.78, 5) is 19.8. The van der Waals surface area contributed by atoms with E-state index in [1.807, 2.05) is 18.2 Å². The first-order valence-electron chi connectivity index (χ1n) is 5.07. The molecule has 0 saturated heterocycles. The Morgan fingerprint density at radius 3 is 3.00 bits per heavy atom. The molecule has 0 atom stereocenters. The number of esters is 1. The van der Waals surface area contributed by atoms with Gasteiger partial charge < -0.3 is 10.5 Å². The van der Waals surface area contributed by atoms with E-state index in [1.54, 1.807) is 13.1 Å². The molecule has 0 aromatic carbocycles. The molecule has 0 saturated carbocycles. The molecule has 0 spiro atoms. The van der Waals surface area contributed by atoms with Crippen molar-refractivity contribution in [3.63, 3.8) is 0 Å². The lowest BCUT2D eigenvalue weighted by Crippen LogP contribution is -2.07. The van der Waals surface area contributed by atoms with Crippen LogP contribution in [0.25, 0.3) is 10.7 Å². The van der Waals surface area contributed by atoms with Gasteiger partial charge in [0.15, 0.2) is 5.69 Å². The summed E-state index contributed by atoms with van der Waals surface area (Å²) in [6.07, 6.45) is 1.66. The molecule has 2 N–H and O–H groups in total. The third-order valence-corrected chi connectivity index (χ3v) is 2.91. The fourth-order valence-corrected chi connectivity index (χ4v) is 2.07. The zero-order chi connectivity index (χ0) is 12.3. The Morgan fingerprint density at radius 2 is 2.35 bits per heavy atom. The highest BCUT2D eigenvalue weighted by Crippen LogP contribution is 2.28.